The van der Waals surface area contributed by atoms with Crippen molar-refractivity contribution in [1.82, 2.24) is 20.3 Å². The normalized spacial score (nSPS) is 22.2. The number of nitrogens with one attached hydrogen (secondary N) is 1. The molecule has 0 bridgehead atoms. The van der Waals surface area contributed by atoms with Crippen LogP contribution >= 0.6 is 7.82 Å². The average molecular weight is 759 g/mol. The lowest BCUT2D eigenvalue weighted by molar-refractivity contribution is -0.301. The monoisotopic (exact) mass is 758 g/mol. The van der Waals surface area contributed by atoms with Crippen molar-refractivity contribution in [2.24, 2.45) is 0 Å². The number of hydrogen-bond donors (Lipinski definition) is 6. The van der Waals surface area contributed by atoms with Crippen molar-refractivity contribution >= 4 is 25.7 Å². The van der Waals surface area contributed by atoms with E-state index in [9.17, 15) is 44.3 Å². The summed E-state index contributed by atoms with van der Waals surface area (Å²) in [7, 11) is -4.53. The molecule has 0 aliphatic carbocycles. The third-order valence-corrected chi connectivity index (χ3v) is 8.00. The first-order chi connectivity index (χ1) is 24.3. The van der Waals surface area contributed by atoms with Gasteiger partial charge in [-0.15, -0.1) is 5.10 Å². The lowest BCUT2D eigenvalue weighted by atomic mass is 9.99. The number of aliphatic hydroxyl groups is 4. The molecule has 1 aromatic rings. The summed E-state index contributed by atoms with van der Waals surface area (Å²) < 4.78 is 54.5. The standard InChI is InChI=1S/C29H51N4O17P/c1-20(35)46-18-23(49-21(2)36)19-48-51(41,42)47-12-8-30-25(37)7-11-43-14-15-44-13-9-33-16-22(31-32-33)6-4-3-5-10-45-29-28(40)27(39)26(38)24(17-34)50-29/h16,23-24,26-29,34,38-40H,3-15,17-19H2,1-2H3,(H,30,37)(H,41,42)/t23-,24-,26+,27+,28-,29?/m1/s1. The number of amides is 1. The average Bonchev–Trinajstić information content (AvgIpc) is 3.54. The molecular formula is C29H51N4O17P. The van der Waals surface area contributed by atoms with Gasteiger partial charge >= 0.3 is 19.8 Å². The Balaban J connectivity index is 1.44. The Morgan fingerprint density at radius 2 is 1.69 bits per heavy atom. The Bertz CT molecular complexity index is 1210. The number of aliphatic hydroxyl groups excluding tert-OH is 4. The molecule has 1 amide bonds. The Kier molecular flexibility index (Phi) is 21.4. The summed E-state index contributed by atoms with van der Waals surface area (Å²) in [6.07, 6.45) is -2.70. The van der Waals surface area contributed by atoms with Crippen LogP contribution in [0.1, 0.15) is 45.2 Å². The summed E-state index contributed by atoms with van der Waals surface area (Å²) in [6.45, 7) is 2.22. The highest BCUT2D eigenvalue weighted by atomic mass is 31.2. The molecule has 0 saturated carbocycles. The second-order valence-corrected chi connectivity index (χ2v) is 12.8. The minimum absolute atomic E-state index is 0.0422. The predicted octanol–water partition coefficient (Wildman–Crippen LogP) is -2.02. The number of phosphoric ester groups is 1. The Morgan fingerprint density at radius 3 is 2.39 bits per heavy atom. The molecule has 2 unspecified atom stereocenters. The molecule has 1 saturated heterocycles. The zero-order chi connectivity index (χ0) is 37.6. The van der Waals surface area contributed by atoms with Gasteiger partial charge in [0, 0.05) is 39.6 Å². The van der Waals surface area contributed by atoms with E-state index < -0.39 is 69.8 Å². The van der Waals surface area contributed by atoms with E-state index in [2.05, 4.69) is 15.6 Å². The number of aryl methyl sites for hydroxylation is 1. The van der Waals surface area contributed by atoms with E-state index in [0.29, 0.717) is 32.6 Å². The van der Waals surface area contributed by atoms with E-state index in [4.69, 9.17) is 37.5 Å². The highest BCUT2D eigenvalue weighted by molar-refractivity contribution is 7.47. The van der Waals surface area contributed by atoms with Gasteiger partial charge in [0.1, 0.15) is 31.0 Å². The van der Waals surface area contributed by atoms with Gasteiger partial charge in [0.05, 0.1) is 58.5 Å². The van der Waals surface area contributed by atoms with E-state index in [-0.39, 0.29) is 51.9 Å². The molecule has 294 valence electrons. The van der Waals surface area contributed by atoms with Crippen LogP contribution in [-0.2, 0) is 69.4 Å². The number of phosphoric acid groups is 1. The topological polar surface area (TPSA) is 286 Å². The van der Waals surface area contributed by atoms with Crippen LogP contribution in [0.2, 0.25) is 0 Å². The van der Waals surface area contributed by atoms with Crippen LogP contribution in [0.3, 0.4) is 0 Å². The van der Waals surface area contributed by atoms with E-state index in [1.54, 1.807) is 4.68 Å². The number of unbranched alkanes of at least 4 members (excludes halogenated alkanes) is 2. The smallest absolute Gasteiger partial charge is 0.462 e. The maximum absolute atomic E-state index is 12.0. The number of hydrogen-bond acceptors (Lipinski definition) is 18. The predicted molar refractivity (Wildman–Crippen MR) is 170 cm³/mol. The quantitative estimate of drug-likeness (QED) is 0.0321. The van der Waals surface area contributed by atoms with Gasteiger partial charge in [0.25, 0.3) is 0 Å². The molecule has 0 radical (unpaired) electrons. The van der Waals surface area contributed by atoms with Gasteiger partial charge in [-0.2, -0.15) is 0 Å². The number of carbonyl (C=O) groups excluding carboxylic acids is 3. The number of carbonyl (C=O) groups is 3. The molecule has 1 aliphatic heterocycles. The summed E-state index contributed by atoms with van der Waals surface area (Å²) >= 11 is 0. The molecule has 1 aromatic heterocycles. The van der Waals surface area contributed by atoms with Crippen molar-refractivity contribution in [3.8, 4) is 0 Å². The highest BCUT2D eigenvalue weighted by Gasteiger charge is 2.43. The molecule has 7 atom stereocenters. The zero-order valence-corrected chi connectivity index (χ0v) is 29.7. The Labute approximate surface area is 295 Å². The van der Waals surface area contributed by atoms with Crippen LogP contribution in [0.4, 0.5) is 0 Å². The molecule has 22 heteroatoms. The number of aromatic nitrogens is 3. The van der Waals surface area contributed by atoms with Crippen LogP contribution in [0.5, 0.6) is 0 Å². The highest BCUT2D eigenvalue weighted by Crippen LogP contribution is 2.43. The molecule has 0 aromatic carbocycles. The summed E-state index contributed by atoms with van der Waals surface area (Å²) in [4.78, 5) is 43.8. The lowest BCUT2D eigenvalue weighted by Crippen LogP contribution is -2.59. The molecule has 1 aliphatic rings. The largest absolute Gasteiger partial charge is 0.472 e. The maximum Gasteiger partial charge on any atom is 0.472 e. The maximum atomic E-state index is 12.0. The lowest BCUT2D eigenvalue weighted by Gasteiger charge is -2.39. The number of esters is 2. The van der Waals surface area contributed by atoms with Crippen molar-refractivity contribution in [2.45, 2.75) is 89.3 Å². The number of ether oxygens (including phenoxy) is 6. The fraction of sp³-hybridized carbons (Fsp3) is 0.828. The Morgan fingerprint density at radius 1 is 0.941 bits per heavy atom. The third-order valence-electron chi connectivity index (χ3n) is 7.01. The molecule has 51 heavy (non-hydrogen) atoms. The summed E-state index contributed by atoms with van der Waals surface area (Å²) in [5.41, 5.74) is 0.819. The van der Waals surface area contributed by atoms with Crippen LogP contribution in [0.25, 0.3) is 0 Å². The van der Waals surface area contributed by atoms with Gasteiger partial charge in [-0.1, -0.05) is 11.6 Å². The molecule has 1 fully saturated rings. The van der Waals surface area contributed by atoms with E-state index in [0.717, 1.165) is 32.4 Å². The summed E-state index contributed by atoms with van der Waals surface area (Å²) in [6, 6.07) is 0. The van der Waals surface area contributed by atoms with E-state index >= 15 is 0 Å². The van der Waals surface area contributed by atoms with Gasteiger partial charge in [-0.25, -0.2) is 9.25 Å². The molecule has 2 heterocycles. The van der Waals surface area contributed by atoms with Crippen molar-refractivity contribution in [3.63, 3.8) is 0 Å². The van der Waals surface area contributed by atoms with Gasteiger partial charge in [-0.3, -0.25) is 23.4 Å². The van der Waals surface area contributed by atoms with E-state index in [1.165, 1.54) is 0 Å². The van der Waals surface area contributed by atoms with Crippen LogP contribution in [0, 0.1) is 0 Å². The van der Waals surface area contributed by atoms with Gasteiger partial charge in [0.2, 0.25) is 5.91 Å². The molecule has 21 nitrogen and oxygen atoms in total. The third kappa shape index (κ3) is 19.1. The second-order valence-electron chi connectivity index (χ2n) is 11.3. The molecule has 0 spiro atoms. The first kappa shape index (κ1) is 44.5. The van der Waals surface area contributed by atoms with Crippen molar-refractivity contribution in [2.75, 3.05) is 66.0 Å². The molecule has 6 N–H and O–H groups in total. The minimum Gasteiger partial charge on any atom is -0.462 e. The SMILES string of the molecule is CC(=O)OC[C@H](COP(=O)(O)OCCNC(=O)CCOCCOCCn1cc(CCCCCOC2O[C@H](CO)[C@H](O)[C@H](O)[C@H]2O)nn1)OC(C)=O. The van der Waals surface area contributed by atoms with Gasteiger partial charge in [0.15, 0.2) is 12.4 Å². The van der Waals surface area contributed by atoms with E-state index in [1.807, 2.05) is 6.20 Å². The first-order valence-corrected chi connectivity index (χ1v) is 18.0. The van der Waals surface area contributed by atoms with Crippen molar-refractivity contribution in [3.05, 3.63) is 11.9 Å². The Hall–Kier alpha value is -2.66. The minimum atomic E-state index is -4.53. The number of nitrogens with zero attached hydrogens (tertiary/aromatic N) is 3. The van der Waals surface area contributed by atoms with Crippen molar-refractivity contribution in [1.29, 1.82) is 0 Å². The zero-order valence-electron chi connectivity index (χ0n) is 28.8. The van der Waals surface area contributed by atoms with Crippen LogP contribution in [0.15, 0.2) is 6.20 Å². The fourth-order valence-corrected chi connectivity index (χ4v) is 5.16. The first-order valence-electron chi connectivity index (χ1n) is 16.5. The van der Waals surface area contributed by atoms with Crippen LogP contribution in [-0.4, -0.2) is 161 Å². The molecular weight excluding hydrogens is 707 g/mol. The van der Waals surface area contributed by atoms with Crippen LogP contribution < -0.4 is 5.32 Å². The fourth-order valence-electron chi connectivity index (χ4n) is 4.41. The summed E-state index contributed by atoms with van der Waals surface area (Å²) in [5.74, 6) is -1.70. The second kappa shape index (κ2) is 24.6. The summed E-state index contributed by atoms with van der Waals surface area (Å²) in [5, 5.41) is 49.6. The van der Waals surface area contributed by atoms with Gasteiger partial charge in [-0.05, 0) is 19.3 Å². The molecule has 2 rings (SSSR count). The van der Waals surface area contributed by atoms with Crippen molar-refractivity contribution < 1.29 is 81.7 Å². The van der Waals surface area contributed by atoms with Gasteiger partial charge < -0.3 is 59.1 Å². The number of rotatable bonds is 27.